The Labute approximate surface area is 78.3 Å². The van der Waals surface area contributed by atoms with Crippen molar-refractivity contribution in [3.8, 4) is 0 Å². The second-order valence-electron chi connectivity index (χ2n) is 3.94. The topological polar surface area (TPSA) is 34.1 Å². The summed E-state index contributed by atoms with van der Waals surface area (Å²) in [4.78, 5) is 0. The third-order valence-electron chi connectivity index (χ3n) is 1.22. The molecule has 78 valence electrons. The van der Waals surface area contributed by atoms with Crippen molar-refractivity contribution in [1.82, 2.24) is 0 Å². The summed E-state index contributed by atoms with van der Waals surface area (Å²) in [5.74, 6) is 0.302. The monoisotopic (exact) mass is 196 g/mol. The molecule has 12 heavy (non-hydrogen) atoms. The second kappa shape index (κ2) is 5.57. The van der Waals surface area contributed by atoms with Crippen LogP contribution in [-0.2, 0) is 9.84 Å². The quantitative estimate of drug-likeness (QED) is 0.680. The van der Waals surface area contributed by atoms with Gasteiger partial charge in [0.25, 0.3) is 0 Å². The standard InChI is InChI=1S/C7H16O2S.2CH4/c1-7(2,3)5-6-10(4,8)9;;/h5-6H2,1-4H3;2*1H4. The summed E-state index contributed by atoms with van der Waals surface area (Å²) in [6.07, 6.45) is 2.02. The lowest BCUT2D eigenvalue weighted by Gasteiger charge is -2.16. The zero-order valence-electron chi connectivity index (χ0n) is 7.14. The zero-order chi connectivity index (χ0) is 8.41. The Kier molecular flexibility index (Phi) is 8.30. The van der Waals surface area contributed by atoms with E-state index in [4.69, 9.17) is 0 Å². The molecule has 0 N–H and O–H groups in total. The van der Waals surface area contributed by atoms with Crippen LogP contribution < -0.4 is 0 Å². The molecule has 0 unspecified atom stereocenters. The predicted octanol–water partition coefficient (Wildman–Crippen LogP) is 2.74. The van der Waals surface area contributed by atoms with Crippen molar-refractivity contribution in [2.45, 2.75) is 42.0 Å². The van der Waals surface area contributed by atoms with Crippen LogP contribution in [0.5, 0.6) is 0 Å². The molecular formula is C9H24O2S. The summed E-state index contributed by atoms with van der Waals surface area (Å²) < 4.78 is 21.4. The summed E-state index contributed by atoms with van der Waals surface area (Å²) in [5, 5.41) is 0. The van der Waals surface area contributed by atoms with Crippen molar-refractivity contribution in [2.75, 3.05) is 12.0 Å². The van der Waals surface area contributed by atoms with E-state index in [1.54, 1.807) is 0 Å². The summed E-state index contributed by atoms with van der Waals surface area (Å²) in [6.45, 7) is 6.12. The molecule has 0 radical (unpaired) electrons. The van der Waals surface area contributed by atoms with Crippen LogP contribution in [0.4, 0.5) is 0 Å². The molecule has 0 aromatic carbocycles. The summed E-state index contributed by atoms with van der Waals surface area (Å²) in [6, 6.07) is 0. The highest BCUT2D eigenvalue weighted by Gasteiger charge is 2.13. The van der Waals surface area contributed by atoms with Crippen molar-refractivity contribution >= 4 is 9.84 Å². The van der Waals surface area contributed by atoms with Gasteiger partial charge in [0.2, 0.25) is 0 Å². The molecule has 2 nitrogen and oxygen atoms in total. The molecule has 0 aliphatic carbocycles. The minimum atomic E-state index is -2.76. The molecule has 0 bridgehead atoms. The van der Waals surface area contributed by atoms with Crippen LogP contribution >= 0.6 is 0 Å². The largest absolute Gasteiger partial charge is 0.229 e. The van der Waals surface area contributed by atoms with Gasteiger partial charge in [-0.25, -0.2) is 8.42 Å². The van der Waals surface area contributed by atoms with E-state index in [9.17, 15) is 8.42 Å². The lowest BCUT2D eigenvalue weighted by molar-refractivity contribution is 0.397. The Morgan fingerprint density at radius 2 is 1.42 bits per heavy atom. The molecule has 0 aromatic heterocycles. The first-order valence-electron chi connectivity index (χ1n) is 3.38. The molecule has 0 aliphatic rings. The maximum absolute atomic E-state index is 10.7. The molecule has 0 aliphatic heterocycles. The van der Waals surface area contributed by atoms with Gasteiger partial charge in [0.1, 0.15) is 9.84 Å². The average Bonchev–Trinajstić information content (AvgIpc) is 1.57. The third-order valence-corrected chi connectivity index (χ3v) is 2.17. The van der Waals surface area contributed by atoms with Crippen LogP contribution in [0.1, 0.15) is 42.0 Å². The molecule has 0 spiro atoms. The van der Waals surface area contributed by atoms with E-state index in [-0.39, 0.29) is 20.3 Å². The highest BCUT2D eigenvalue weighted by molar-refractivity contribution is 7.90. The van der Waals surface area contributed by atoms with Crippen LogP contribution in [0.3, 0.4) is 0 Å². The summed E-state index contributed by atoms with van der Waals surface area (Å²) in [5.41, 5.74) is 0.128. The van der Waals surface area contributed by atoms with Gasteiger partial charge in [0, 0.05) is 6.26 Å². The fraction of sp³-hybridized carbons (Fsp3) is 1.00. The van der Waals surface area contributed by atoms with Gasteiger partial charge in [-0.1, -0.05) is 35.6 Å². The van der Waals surface area contributed by atoms with Gasteiger partial charge in [-0.2, -0.15) is 0 Å². The molecule has 3 heteroatoms. The van der Waals surface area contributed by atoms with Crippen LogP contribution in [0.15, 0.2) is 0 Å². The minimum absolute atomic E-state index is 0. The van der Waals surface area contributed by atoms with E-state index in [0.717, 1.165) is 6.42 Å². The normalized spacial score (nSPS) is 11.3. The van der Waals surface area contributed by atoms with E-state index in [2.05, 4.69) is 0 Å². The van der Waals surface area contributed by atoms with E-state index >= 15 is 0 Å². The Hall–Kier alpha value is -0.0500. The van der Waals surface area contributed by atoms with E-state index in [1.165, 1.54) is 6.26 Å². The van der Waals surface area contributed by atoms with Gasteiger partial charge in [0.05, 0.1) is 5.75 Å². The Morgan fingerprint density at radius 3 is 1.50 bits per heavy atom. The van der Waals surface area contributed by atoms with Gasteiger partial charge < -0.3 is 0 Å². The van der Waals surface area contributed by atoms with Crippen molar-refractivity contribution in [3.05, 3.63) is 0 Å². The zero-order valence-corrected chi connectivity index (χ0v) is 7.96. The van der Waals surface area contributed by atoms with E-state index in [1.807, 2.05) is 20.8 Å². The van der Waals surface area contributed by atoms with Crippen LogP contribution in [0, 0.1) is 5.41 Å². The highest BCUT2D eigenvalue weighted by Crippen LogP contribution is 2.18. The number of hydrogen-bond donors (Lipinski definition) is 0. The molecule has 0 atom stereocenters. The van der Waals surface area contributed by atoms with Gasteiger partial charge in [-0.05, 0) is 11.8 Å². The first kappa shape index (κ1) is 17.9. The summed E-state index contributed by atoms with van der Waals surface area (Å²) >= 11 is 0. The highest BCUT2D eigenvalue weighted by atomic mass is 32.2. The molecule has 0 amide bonds. The molecule has 0 heterocycles. The molecule has 0 aromatic rings. The van der Waals surface area contributed by atoms with Crippen LogP contribution in [0.25, 0.3) is 0 Å². The minimum Gasteiger partial charge on any atom is -0.229 e. The van der Waals surface area contributed by atoms with Crippen molar-refractivity contribution in [2.24, 2.45) is 5.41 Å². The lowest BCUT2D eigenvalue weighted by atomic mass is 9.94. The predicted molar refractivity (Wildman–Crippen MR) is 57.2 cm³/mol. The van der Waals surface area contributed by atoms with Crippen LogP contribution in [0.2, 0.25) is 0 Å². The average molecular weight is 196 g/mol. The van der Waals surface area contributed by atoms with Crippen molar-refractivity contribution in [3.63, 3.8) is 0 Å². The SMILES string of the molecule is C.C.CC(C)(C)CCS(C)(=O)=O. The smallest absolute Gasteiger partial charge is 0.147 e. The fourth-order valence-corrected chi connectivity index (χ4v) is 1.47. The van der Waals surface area contributed by atoms with Crippen molar-refractivity contribution < 1.29 is 8.42 Å². The van der Waals surface area contributed by atoms with E-state index < -0.39 is 9.84 Å². The number of sulfone groups is 1. The fourth-order valence-electron chi connectivity index (χ4n) is 0.492. The van der Waals surface area contributed by atoms with Gasteiger partial charge >= 0.3 is 0 Å². The molecular weight excluding hydrogens is 172 g/mol. The first-order chi connectivity index (χ1) is 4.21. The van der Waals surface area contributed by atoms with Gasteiger partial charge in [-0.3, -0.25) is 0 Å². The number of hydrogen-bond acceptors (Lipinski definition) is 2. The third kappa shape index (κ3) is 16.5. The maximum atomic E-state index is 10.7. The van der Waals surface area contributed by atoms with E-state index in [0.29, 0.717) is 5.75 Å². The van der Waals surface area contributed by atoms with Crippen LogP contribution in [-0.4, -0.2) is 20.4 Å². The Bertz CT molecular complexity index is 185. The molecule has 0 rings (SSSR count). The molecule has 0 fully saturated rings. The Balaban J connectivity index is -0.000000405. The first-order valence-corrected chi connectivity index (χ1v) is 5.44. The Morgan fingerprint density at radius 1 is 1.08 bits per heavy atom. The molecule has 0 saturated heterocycles. The number of rotatable bonds is 2. The second-order valence-corrected chi connectivity index (χ2v) is 6.20. The maximum Gasteiger partial charge on any atom is 0.147 e. The molecule has 0 saturated carbocycles. The lowest BCUT2D eigenvalue weighted by Crippen LogP contribution is -2.13. The van der Waals surface area contributed by atoms with Gasteiger partial charge in [0.15, 0.2) is 0 Å². The van der Waals surface area contributed by atoms with Crippen molar-refractivity contribution in [1.29, 1.82) is 0 Å². The van der Waals surface area contributed by atoms with Gasteiger partial charge in [-0.15, -0.1) is 0 Å². The summed E-state index contributed by atoms with van der Waals surface area (Å²) in [7, 11) is -2.76.